The lowest BCUT2D eigenvalue weighted by molar-refractivity contribution is 0.504. The molecule has 0 spiro atoms. The molecule has 1 heterocycles. The van der Waals surface area contributed by atoms with Crippen LogP contribution < -0.4 is 5.73 Å². The highest BCUT2D eigenvalue weighted by atomic mass is 15.6. The average Bonchev–Trinajstić information content (AvgIpc) is 2.34. The highest BCUT2D eigenvalue weighted by Crippen LogP contribution is 1.78. The Morgan fingerprint density at radius 1 is 1.56 bits per heavy atom. The van der Waals surface area contributed by atoms with E-state index in [9.17, 15) is 0 Å². The summed E-state index contributed by atoms with van der Waals surface area (Å²) in [5, 5.41) is 11.0. The Labute approximate surface area is 52.8 Å². The predicted octanol–water partition coefficient (Wildman–Crippen LogP) is -0.978. The Hall–Kier alpha value is -0.970. The van der Waals surface area contributed by atoms with Crippen molar-refractivity contribution in [3.63, 3.8) is 0 Å². The van der Waals surface area contributed by atoms with E-state index in [1.54, 1.807) is 0 Å². The highest BCUT2D eigenvalue weighted by molar-refractivity contribution is 4.40. The third kappa shape index (κ3) is 1.77. The molecule has 9 heavy (non-hydrogen) atoms. The fraction of sp³-hybridized carbons (Fsp3) is 0.750. The predicted molar refractivity (Wildman–Crippen MR) is 31.5 cm³/mol. The lowest BCUT2D eigenvalue weighted by Crippen LogP contribution is -2.08. The lowest BCUT2D eigenvalue weighted by atomic mass is 10.4. The van der Waals surface area contributed by atoms with Crippen LogP contribution in [-0.4, -0.2) is 26.8 Å². The van der Waals surface area contributed by atoms with Crippen molar-refractivity contribution < 1.29 is 0 Å². The molecule has 0 radical (unpaired) electrons. The zero-order valence-corrected chi connectivity index (χ0v) is 5.06. The maximum Gasteiger partial charge on any atom is 0.162 e. The molecular formula is C4H9N5. The van der Waals surface area contributed by atoms with E-state index < -0.39 is 0 Å². The first-order chi connectivity index (χ1) is 4.43. The fourth-order valence-corrected chi connectivity index (χ4v) is 0.524. The van der Waals surface area contributed by atoms with Gasteiger partial charge in [-0.25, -0.2) is 0 Å². The smallest absolute Gasteiger partial charge is 0.162 e. The monoisotopic (exact) mass is 127 g/mol. The number of aryl methyl sites for hydroxylation is 1. The van der Waals surface area contributed by atoms with Gasteiger partial charge in [-0.05, 0) is 18.2 Å². The Kier molecular flexibility index (Phi) is 2.14. The number of hydrogen-bond acceptors (Lipinski definition) is 4. The van der Waals surface area contributed by atoms with Gasteiger partial charge >= 0.3 is 0 Å². The number of nitrogens with two attached hydrogens (primary N) is 1. The van der Waals surface area contributed by atoms with Crippen LogP contribution in [-0.2, 0) is 6.54 Å². The fourth-order valence-electron chi connectivity index (χ4n) is 0.524. The van der Waals surface area contributed by atoms with Crippen molar-refractivity contribution in [1.82, 2.24) is 20.2 Å². The number of tetrazole rings is 1. The molecule has 0 fully saturated rings. The minimum Gasteiger partial charge on any atom is -0.330 e. The zero-order valence-electron chi connectivity index (χ0n) is 5.06. The van der Waals surface area contributed by atoms with Crippen LogP contribution >= 0.6 is 0 Å². The molecule has 2 N–H and O–H groups in total. The molecule has 5 nitrogen and oxygen atoms in total. The summed E-state index contributed by atoms with van der Waals surface area (Å²) in [6.07, 6.45) is 2.31. The van der Waals surface area contributed by atoms with Crippen LogP contribution in [0.5, 0.6) is 0 Å². The summed E-state index contributed by atoms with van der Waals surface area (Å²) in [6, 6.07) is 0. The molecule has 1 rings (SSSR count). The first-order valence-electron chi connectivity index (χ1n) is 2.84. The van der Waals surface area contributed by atoms with Crippen LogP contribution in [0.25, 0.3) is 0 Å². The number of hydrogen-bond donors (Lipinski definition) is 1. The molecule has 50 valence electrons. The van der Waals surface area contributed by atoms with Gasteiger partial charge in [-0.3, -0.25) is 0 Å². The lowest BCUT2D eigenvalue weighted by Gasteiger charge is -1.92. The van der Waals surface area contributed by atoms with Crippen molar-refractivity contribution in [2.24, 2.45) is 5.73 Å². The number of aromatic nitrogens is 4. The molecule has 0 aromatic carbocycles. The quantitative estimate of drug-likeness (QED) is 0.566. The molecule has 0 unspecified atom stereocenters. The molecule has 5 heteroatoms. The van der Waals surface area contributed by atoms with Gasteiger partial charge in [0.2, 0.25) is 0 Å². The van der Waals surface area contributed by atoms with Gasteiger partial charge in [0, 0.05) is 0 Å². The number of nitrogens with zero attached hydrogens (tertiary/aromatic N) is 4. The first kappa shape index (κ1) is 6.15. The van der Waals surface area contributed by atoms with E-state index in [4.69, 9.17) is 5.73 Å². The Balaban J connectivity index is 2.30. The van der Waals surface area contributed by atoms with Crippen molar-refractivity contribution in [2.75, 3.05) is 6.54 Å². The highest BCUT2D eigenvalue weighted by Gasteiger charge is 1.88. The van der Waals surface area contributed by atoms with Gasteiger partial charge in [0.15, 0.2) is 6.33 Å². The topological polar surface area (TPSA) is 69.6 Å². The van der Waals surface area contributed by atoms with Gasteiger partial charge in [0.05, 0.1) is 6.54 Å². The third-order valence-electron chi connectivity index (χ3n) is 0.954. The van der Waals surface area contributed by atoms with Crippen LogP contribution in [0.3, 0.4) is 0 Å². The zero-order chi connectivity index (χ0) is 6.53. The summed E-state index contributed by atoms with van der Waals surface area (Å²) < 4.78 is 0. The molecule has 0 aliphatic heterocycles. The van der Waals surface area contributed by atoms with E-state index in [0.717, 1.165) is 13.0 Å². The minimum absolute atomic E-state index is 0.668. The van der Waals surface area contributed by atoms with Crippen molar-refractivity contribution in [2.45, 2.75) is 13.0 Å². The second-order valence-electron chi connectivity index (χ2n) is 1.67. The molecule has 0 aliphatic carbocycles. The first-order valence-corrected chi connectivity index (χ1v) is 2.84. The van der Waals surface area contributed by atoms with Gasteiger partial charge in [-0.15, -0.1) is 10.2 Å². The Morgan fingerprint density at radius 2 is 2.44 bits per heavy atom. The van der Waals surface area contributed by atoms with Gasteiger partial charge < -0.3 is 5.73 Å². The van der Waals surface area contributed by atoms with Gasteiger partial charge in [-0.1, -0.05) is 0 Å². The van der Waals surface area contributed by atoms with Gasteiger partial charge in [-0.2, -0.15) is 4.80 Å². The molecule has 0 atom stereocenters. The van der Waals surface area contributed by atoms with E-state index in [2.05, 4.69) is 15.4 Å². The molecular weight excluding hydrogens is 118 g/mol. The van der Waals surface area contributed by atoms with E-state index in [-0.39, 0.29) is 0 Å². The Bertz CT molecular complexity index is 146. The van der Waals surface area contributed by atoms with Gasteiger partial charge in [0.1, 0.15) is 0 Å². The number of rotatable bonds is 3. The summed E-state index contributed by atoms with van der Waals surface area (Å²) in [4.78, 5) is 1.52. The SMILES string of the molecule is NCCCn1ncnn1. The van der Waals surface area contributed by atoms with E-state index in [1.165, 1.54) is 11.1 Å². The second-order valence-corrected chi connectivity index (χ2v) is 1.67. The normalized spacial score (nSPS) is 9.89. The largest absolute Gasteiger partial charge is 0.330 e. The summed E-state index contributed by atoms with van der Waals surface area (Å²) in [5.74, 6) is 0. The molecule has 0 saturated carbocycles. The maximum atomic E-state index is 5.26. The van der Waals surface area contributed by atoms with E-state index in [1.807, 2.05) is 0 Å². The van der Waals surface area contributed by atoms with Crippen LogP contribution in [0, 0.1) is 0 Å². The standard InChI is InChI=1S/C4H9N5/c5-2-1-3-9-7-4-6-8-9/h4H,1-3,5H2. The van der Waals surface area contributed by atoms with Gasteiger partial charge in [0.25, 0.3) is 0 Å². The maximum absolute atomic E-state index is 5.26. The molecule has 1 aromatic rings. The van der Waals surface area contributed by atoms with E-state index >= 15 is 0 Å². The Morgan fingerprint density at radius 3 is 3.00 bits per heavy atom. The molecule has 0 amide bonds. The third-order valence-corrected chi connectivity index (χ3v) is 0.954. The van der Waals surface area contributed by atoms with Crippen LogP contribution in [0.1, 0.15) is 6.42 Å². The van der Waals surface area contributed by atoms with Crippen LogP contribution in [0.4, 0.5) is 0 Å². The van der Waals surface area contributed by atoms with E-state index in [0.29, 0.717) is 6.54 Å². The summed E-state index contributed by atoms with van der Waals surface area (Å²) in [6.45, 7) is 1.43. The van der Waals surface area contributed by atoms with Crippen molar-refractivity contribution in [3.8, 4) is 0 Å². The van der Waals surface area contributed by atoms with Crippen LogP contribution in [0.15, 0.2) is 6.33 Å². The molecule has 0 saturated heterocycles. The van der Waals surface area contributed by atoms with Crippen molar-refractivity contribution in [3.05, 3.63) is 6.33 Å². The molecule has 1 aromatic heterocycles. The minimum atomic E-state index is 0.668. The summed E-state index contributed by atoms with van der Waals surface area (Å²) >= 11 is 0. The van der Waals surface area contributed by atoms with Crippen LogP contribution in [0.2, 0.25) is 0 Å². The molecule has 0 aliphatic rings. The molecule has 0 bridgehead atoms. The second kappa shape index (κ2) is 3.13. The van der Waals surface area contributed by atoms with Crippen molar-refractivity contribution in [1.29, 1.82) is 0 Å². The summed E-state index contributed by atoms with van der Waals surface area (Å²) in [7, 11) is 0. The summed E-state index contributed by atoms with van der Waals surface area (Å²) in [5.41, 5.74) is 5.26. The average molecular weight is 127 g/mol. The van der Waals surface area contributed by atoms with Crippen molar-refractivity contribution >= 4 is 0 Å².